The Morgan fingerprint density at radius 2 is 1.45 bits per heavy atom. The molecular weight excluding hydrogens is 388 g/mol. The molecule has 0 saturated heterocycles. The van der Waals surface area contributed by atoms with Gasteiger partial charge >= 0.3 is 0 Å². The van der Waals surface area contributed by atoms with Crippen molar-refractivity contribution in [3.8, 4) is 39.5 Å². The molecule has 1 unspecified atom stereocenters. The Bertz CT molecular complexity index is 1310. The number of hydrogen-bond donors (Lipinski definition) is 2. The Morgan fingerprint density at radius 3 is 2.10 bits per heavy atom. The van der Waals surface area contributed by atoms with E-state index >= 15 is 0 Å². The average Bonchev–Trinajstić information content (AvgIpc) is 3.07. The van der Waals surface area contributed by atoms with E-state index in [4.69, 9.17) is 9.47 Å². The lowest BCUT2D eigenvalue weighted by Gasteiger charge is -2.24. The number of phenolic OH excluding ortho intramolecular Hbond substituents is 1. The summed E-state index contributed by atoms with van der Waals surface area (Å²) in [5.41, 5.74) is 4.42. The molecule has 0 amide bonds. The van der Waals surface area contributed by atoms with Crippen LogP contribution in [-0.4, -0.2) is 24.4 Å². The summed E-state index contributed by atoms with van der Waals surface area (Å²) in [6, 6.07) is 21.6. The van der Waals surface area contributed by atoms with Crippen molar-refractivity contribution in [2.24, 2.45) is 0 Å². The molecule has 1 atom stereocenters. The molecule has 0 heterocycles. The van der Waals surface area contributed by atoms with E-state index in [2.05, 4.69) is 18.2 Å². The van der Waals surface area contributed by atoms with Gasteiger partial charge in [0.1, 0.15) is 11.4 Å². The maximum atomic E-state index is 11.8. The molecule has 1 aliphatic carbocycles. The predicted octanol–water partition coefficient (Wildman–Crippen LogP) is 5.86. The van der Waals surface area contributed by atoms with E-state index in [9.17, 15) is 10.2 Å². The van der Waals surface area contributed by atoms with Crippen molar-refractivity contribution in [2.75, 3.05) is 14.2 Å². The van der Waals surface area contributed by atoms with Crippen LogP contribution in [-0.2, 0) is 5.60 Å². The van der Waals surface area contributed by atoms with E-state index in [-0.39, 0.29) is 5.75 Å². The third kappa shape index (κ3) is 2.65. The van der Waals surface area contributed by atoms with Crippen molar-refractivity contribution >= 4 is 10.8 Å². The Morgan fingerprint density at radius 1 is 0.774 bits per heavy atom. The topological polar surface area (TPSA) is 58.9 Å². The maximum absolute atomic E-state index is 11.8. The number of benzene rings is 4. The van der Waals surface area contributed by atoms with Gasteiger partial charge in [-0.25, -0.2) is 0 Å². The van der Waals surface area contributed by atoms with E-state index in [0.29, 0.717) is 28.9 Å². The number of hydrogen-bond acceptors (Lipinski definition) is 4. The van der Waals surface area contributed by atoms with Crippen molar-refractivity contribution in [1.29, 1.82) is 0 Å². The summed E-state index contributed by atoms with van der Waals surface area (Å²) in [5.74, 6) is 1.23. The fraction of sp³-hybridized carbons (Fsp3) is 0.185. The van der Waals surface area contributed by atoms with Gasteiger partial charge in [-0.1, -0.05) is 55.5 Å². The molecule has 31 heavy (non-hydrogen) atoms. The first-order chi connectivity index (χ1) is 15.0. The van der Waals surface area contributed by atoms with Gasteiger partial charge < -0.3 is 19.7 Å². The molecule has 5 rings (SSSR count). The number of ether oxygens (including phenoxy) is 2. The summed E-state index contributed by atoms with van der Waals surface area (Å²) in [5, 5.41) is 24.2. The highest BCUT2D eigenvalue weighted by Gasteiger charge is 2.43. The highest BCUT2D eigenvalue weighted by molar-refractivity contribution is 6.09. The number of rotatable bonds is 4. The van der Waals surface area contributed by atoms with Gasteiger partial charge in [0.05, 0.1) is 14.2 Å². The Labute approximate surface area is 181 Å². The molecule has 0 aromatic heterocycles. The summed E-state index contributed by atoms with van der Waals surface area (Å²) in [4.78, 5) is 0. The Hall–Kier alpha value is -3.50. The van der Waals surface area contributed by atoms with Gasteiger partial charge in [0.15, 0.2) is 11.5 Å². The summed E-state index contributed by atoms with van der Waals surface area (Å²) >= 11 is 0. The summed E-state index contributed by atoms with van der Waals surface area (Å²) in [6.07, 6.45) is 0.490. The van der Waals surface area contributed by atoms with Crippen LogP contribution in [0.5, 0.6) is 17.2 Å². The van der Waals surface area contributed by atoms with Crippen LogP contribution in [0.1, 0.15) is 24.5 Å². The van der Waals surface area contributed by atoms with Gasteiger partial charge in [0.2, 0.25) is 0 Å². The molecule has 0 saturated carbocycles. The van der Waals surface area contributed by atoms with Crippen LogP contribution >= 0.6 is 0 Å². The minimum absolute atomic E-state index is 0.107. The largest absolute Gasteiger partial charge is 0.507 e. The minimum Gasteiger partial charge on any atom is -0.507 e. The molecular formula is C27H24O4. The zero-order valence-electron chi connectivity index (χ0n) is 17.8. The SMILES string of the molecule is CCC1(O)c2cccc(-c3ccccc3)c2-c2c1cc(O)c1cc(OC)c(OC)cc21. The molecule has 0 spiro atoms. The molecule has 0 fully saturated rings. The fourth-order valence-electron chi connectivity index (χ4n) is 4.88. The number of phenols is 1. The molecule has 4 nitrogen and oxygen atoms in total. The van der Waals surface area contributed by atoms with Crippen molar-refractivity contribution in [3.63, 3.8) is 0 Å². The summed E-state index contributed by atoms with van der Waals surface area (Å²) in [7, 11) is 3.17. The lowest BCUT2D eigenvalue weighted by atomic mass is 9.87. The highest BCUT2D eigenvalue weighted by atomic mass is 16.5. The van der Waals surface area contributed by atoms with E-state index in [1.807, 2.05) is 43.3 Å². The Kier molecular flexibility index (Phi) is 4.42. The first kappa shape index (κ1) is 19.5. The molecule has 4 heteroatoms. The van der Waals surface area contributed by atoms with Crippen LogP contribution in [0.4, 0.5) is 0 Å². The van der Waals surface area contributed by atoms with Crippen LogP contribution in [0.2, 0.25) is 0 Å². The van der Waals surface area contributed by atoms with E-state index < -0.39 is 5.60 Å². The fourth-order valence-corrected chi connectivity index (χ4v) is 4.88. The second kappa shape index (κ2) is 7.03. The summed E-state index contributed by atoms with van der Waals surface area (Å²) < 4.78 is 11.0. The van der Waals surface area contributed by atoms with Crippen LogP contribution in [0.3, 0.4) is 0 Å². The van der Waals surface area contributed by atoms with Crippen molar-refractivity contribution in [2.45, 2.75) is 18.9 Å². The average molecular weight is 412 g/mol. The molecule has 0 bridgehead atoms. The number of methoxy groups -OCH3 is 2. The molecule has 0 aliphatic heterocycles. The first-order valence-electron chi connectivity index (χ1n) is 10.4. The lowest BCUT2D eigenvalue weighted by Crippen LogP contribution is -2.23. The molecule has 156 valence electrons. The monoisotopic (exact) mass is 412 g/mol. The molecule has 4 aromatic rings. The van der Waals surface area contributed by atoms with Gasteiger partial charge in [-0.2, -0.15) is 0 Å². The first-order valence-corrected chi connectivity index (χ1v) is 10.4. The quantitative estimate of drug-likeness (QED) is 0.441. The molecule has 1 aliphatic rings. The molecule has 4 aromatic carbocycles. The van der Waals surface area contributed by atoms with Gasteiger partial charge in [0, 0.05) is 10.9 Å². The molecule has 0 radical (unpaired) electrons. The third-order valence-corrected chi connectivity index (χ3v) is 6.42. The smallest absolute Gasteiger partial charge is 0.161 e. The van der Waals surface area contributed by atoms with Gasteiger partial charge in [-0.15, -0.1) is 0 Å². The summed E-state index contributed by atoms with van der Waals surface area (Å²) in [6.45, 7) is 1.96. The van der Waals surface area contributed by atoms with Gasteiger partial charge in [0.25, 0.3) is 0 Å². The minimum atomic E-state index is -1.19. The highest BCUT2D eigenvalue weighted by Crippen LogP contribution is 2.57. The Balaban J connectivity index is 1.96. The predicted molar refractivity (Wildman–Crippen MR) is 123 cm³/mol. The zero-order valence-corrected chi connectivity index (χ0v) is 17.8. The van der Waals surface area contributed by atoms with Crippen molar-refractivity contribution in [3.05, 3.63) is 77.9 Å². The van der Waals surface area contributed by atoms with Gasteiger partial charge in [-0.3, -0.25) is 0 Å². The zero-order chi connectivity index (χ0) is 21.8. The van der Waals surface area contributed by atoms with Crippen LogP contribution < -0.4 is 9.47 Å². The second-order valence-electron chi connectivity index (χ2n) is 7.88. The molecule has 2 N–H and O–H groups in total. The number of aliphatic hydroxyl groups is 1. The van der Waals surface area contributed by atoms with Crippen molar-refractivity contribution < 1.29 is 19.7 Å². The second-order valence-corrected chi connectivity index (χ2v) is 7.88. The van der Waals surface area contributed by atoms with Crippen LogP contribution in [0.25, 0.3) is 33.0 Å². The van der Waals surface area contributed by atoms with Crippen LogP contribution in [0.15, 0.2) is 66.7 Å². The van der Waals surface area contributed by atoms with Crippen molar-refractivity contribution in [1.82, 2.24) is 0 Å². The van der Waals surface area contributed by atoms with E-state index in [0.717, 1.165) is 33.2 Å². The number of fused-ring (bicyclic) bond motifs is 5. The van der Waals surface area contributed by atoms with Crippen LogP contribution in [0, 0.1) is 0 Å². The van der Waals surface area contributed by atoms with Gasteiger partial charge in [-0.05, 0) is 57.8 Å². The standard InChI is InChI=1S/C27H24O4/c1-4-27(29)20-12-8-11-17(16-9-6-5-7-10-16)25(20)26-19-14-24(31-3)23(30-2)13-18(19)22(28)15-21(26)27/h5-15,28-29H,4H2,1-3H3. The third-order valence-electron chi connectivity index (χ3n) is 6.42. The lowest BCUT2D eigenvalue weighted by molar-refractivity contribution is 0.0812. The maximum Gasteiger partial charge on any atom is 0.161 e. The number of aromatic hydroxyl groups is 1. The van der Waals surface area contributed by atoms with E-state index in [1.165, 1.54) is 0 Å². The normalized spacial score (nSPS) is 16.8. The van der Waals surface area contributed by atoms with E-state index in [1.54, 1.807) is 26.4 Å².